The van der Waals surface area contributed by atoms with Crippen molar-refractivity contribution >= 4 is 24.2 Å². The summed E-state index contributed by atoms with van der Waals surface area (Å²) in [6, 6.07) is 0.409. The van der Waals surface area contributed by atoms with Crippen LogP contribution in [-0.2, 0) is 9.59 Å². The van der Waals surface area contributed by atoms with Crippen molar-refractivity contribution in [3.8, 4) is 0 Å². The normalized spacial score (nSPS) is 27.6. The van der Waals surface area contributed by atoms with Crippen LogP contribution in [0, 0.1) is 0 Å². The predicted octanol–water partition coefficient (Wildman–Crippen LogP) is 1.16. The Morgan fingerprint density at radius 3 is 2.43 bits per heavy atom. The van der Waals surface area contributed by atoms with Gasteiger partial charge in [-0.3, -0.25) is 9.59 Å². The second-order valence-electron chi connectivity index (χ2n) is 6.25. The van der Waals surface area contributed by atoms with E-state index in [-0.39, 0.29) is 24.4 Å². The molecule has 0 radical (unpaired) electrons. The van der Waals surface area contributed by atoms with Gasteiger partial charge in [0, 0.05) is 32.1 Å². The zero-order valence-corrected chi connectivity index (χ0v) is 13.4. The van der Waals surface area contributed by atoms with Gasteiger partial charge in [-0.2, -0.15) is 0 Å². The molecule has 21 heavy (non-hydrogen) atoms. The molecule has 0 spiro atoms. The number of nitrogens with one attached hydrogen (secondary N) is 1. The minimum Gasteiger partial charge on any atom is -0.341 e. The number of hydrogen-bond donors (Lipinski definition) is 1. The first-order valence-corrected chi connectivity index (χ1v) is 8.07. The van der Waals surface area contributed by atoms with E-state index in [9.17, 15) is 9.59 Å². The van der Waals surface area contributed by atoms with Crippen LogP contribution in [0.3, 0.4) is 0 Å². The summed E-state index contributed by atoms with van der Waals surface area (Å²) in [4.78, 5) is 28.3. The monoisotopic (exact) mass is 315 g/mol. The number of likely N-dealkylation sites (tertiary alicyclic amines) is 2. The van der Waals surface area contributed by atoms with E-state index in [0.717, 1.165) is 64.7 Å². The second kappa shape index (κ2) is 7.45. The molecule has 1 atom stereocenters. The lowest BCUT2D eigenvalue weighted by Gasteiger charge is -2.40. The molecule has 3 fully saturated rings. The van der Waals surface area contributed by atoms with Gasteiger partial charge >= 0.3 is 0 Å². The van der Waals surface area contributed by atoms with Crippen LogP contribution in [0.1, 0.15) is 44.9 Å². The fraction of sp³-hybridized carbons (Fsp3) is 0.867. The molecule has 0 aromatic carbocycles. The van der Waals surface area contributed by atoms with Gasteiger partial charge in [-0.1, -0.05) is 0 Å². The molecule has 6 heteroatoms. The van der Waals surface area contributed by atoms with Crippen molar-refractivity contribution in [3.63, 3.8) is 0 Å². The number of halogens is 1. The van der Waals surface area contributed by atoms with Crippen LogP contribution in [0.15, 0.2) is 0 Å². The molecular formula is C15H26ClN3O2. The molecule has 120 valence electrons. The van der Waals surface area contributed by atoms with Crippen molar-refractivity contribution < 1.29 is 9.59 Å². The van der Waals surface area contributed by atoms with E-state index >= 15 is 0 Å². The van der Waals surface area contributed by atoms with Gasteiger partial charge in [0.2, 0.25) is 11.8 Å². The van der Waals surface area contributed by atoms with Gasteiger partial charge in [-0.05, 0) is 45.1 Å². The molecule has 2 amide bonds. The van der Waals surface area contributed by atoms with Crippen LogP contribution < -0.4 is 5.32 Å². The average Bonchev–Trinajstić information content (AvgIpc) is 3.01. The zero-order valence-electron chi connectivity index (χ0n) is 12.6. The van der Waals surface area contributed by atoms with Crippen LogP contribution >= 0.6 is 12.4 Å². The van der Waals surface area contributed by atoms with Crippen molar-refractivity contribution in [2.45, 2.75) is 57.0 Å². The molecule has 0 aromatic heterocycles. The van der Waals surface area contributed by atoms with E-state index in [1.165, 1.54) is 0 Å². The highest BCUT2D eigenvalue weighted by Gasteiger charge is 2.33. The molecule has 3 aliphatic rings. The van der Waals surface area contributed by atoms with Gasteiger partial charge in [0.25, 0.3) is 0 Å². The first-order chi connectivity index (χ1) is 9.75. The number of hydrogen-bond acceptors (Lipinski definition) is 3. The summed E-state index contributed by atoms with van der Waals surface area (Å²) in [5.74, 6) is 0.587. The Hall–Kier alpha value is -0.810. The van der Waals surface area contributed by atoms with Gasteiger partial charge in [0.15, 0.2) is 0 Å². The first kappa shape index (κ1) is 16.6. The van der Waals surface area contributed by atoms with Gasteiger partial charge in [0.1, 0.15) is 0 Å². The third-order valence-electron chi connectivity index (χ3n) is 4.94. The minimum atomic E-state index is 0. The largest absolute Gasteiger partial charge is 0.341 e. The molecule has 0 saturated carbocycles. The Morgan fingerprint density at radius 2 is 1.81 bits per heavy atom. The summed E-state index contributed by atoms with van der Waals surface area (Å²) in [6.45, 7) is 3.51. The lowest BCUT2D eigenvalue weighted by molar-refractivity contribution is -0.139. The minimum absolute atomic E-state index is 0. The summed E-state index contributed by atoms with van der Waals surface area (Å²) in [7, 11) is 0. The maximum absolute atomic E-state index is 12.3. The smallest absolute Gasteiger partial charge is 0.239 e. The van der Waals surface area contributed by atoms with Crippen LogP contribution in [-0.4, -0.2) is 59.9 Å². The summed E-state index contributed by atoms with van der Waals surface area (Å²) in [5, 5.41) is 3.28. The highest BCUT2D eigenvalue weighted by molar-refractivity contribution is 5.85. The number of rotatable bonds is 2. The molecular weight excluding hydrogens is 290 g/mol. The quantitative estimate of drug-likeness (QED) is 0.832. The third-order valence-corrected chi connectivity index (χ3v) is 4.94. The Morgan fingerprint density at radius 1 is 1.05 bits per heavy atom. The maximum Gasteiger partial charge on any atom is 0.239 e. The van der Waals surface area contributed by atoms with Crippen molar-refractivity contribution in [2.24, 2.45) is 0 Å². The topological polar surface area (TPSA) is 52.7 Å². The molecule has 0 aromatic rings. The Kier molecular flexibility index (Phi) is 5.88. The SMILES string of the molecule is Cl.O=C(C1CCCN1)N1CCC(N2CCCCC2=O)CC1. The van der Waals surface area contributed by atoms with E-state index in [4.69, 9.17) is 0 Å². The molecule has 5 nitrogen and oxygen atoms in total. The molecule has 1 unspecified atom stereocenters. The lowest BCUT2D eigenvalue weighted by atomic mass is 9.99. The van der Waals surface area contributed by atoms with Gasteiger partial charge in [0.05, 0.1) is 6.04 Å². The average molecular weight is 316 g/mol. The van der Waals surface area contributed by atoms with Gasteiger partial charge in [-0.15, -0.1) is 12.4 Å². The Balaban J connectivity index is 0.00000161. The molecule has 0 aliphatic carbocycles. The van der Waals surface area contributed by atoms with Crippen molar-refractivity contribution in [3.05, 3.63) is 0 Å². The Bertz CT molecular complexity index is 377. The van der Waals surface area contributed by atoms with E-state index in [1.807, 2.05) is 4.90 Å². The van der Waals surface area contributed by atoms with Gasteiger partial charge in [-0.25, -0.2) is 0 Å². The fourth-order valence-electron chi connectivity index (χ4n) is 3.73. The van der Waals surface area contributed by atoms with Crippen molar-refractivity contribution in [1.82, 2.24) is 15.1 Å². The molecule has 0 bridgehead atoms. The predicted molar refractivity (Wildman–Crippen MR) is 83.4 cm³/mol. The number of nitrogens with zero attached hydrogens (tertiary/aromatic N) is 2. The zero-order chi connectivity index (χ0) is 13.9. The van der Waals surface area contributed by atoms with Crippen LogP contribution in [0.4, 0.5) is 0 Å². The summed E-state index contributed by atoms with van der Waals surface area (Å²) < 4.78 is 0. The standard InChI is InChI=1S/C15H25N3O2.ClH/c19-14-5-1-2-9-18(14)12-6-10-17(11-7-12)15(20)13-4-3-8-16-13;/h12-13,16H,1-11H2;1H. The number of carbonyl (C=O) groups is 2. The summed E-state index contributed by atoms with van der Waals surface area (Å²) in [6.07, 6.45) is 6.87. The lowest BCUT2D eigenvalue weighted by Crippen LogP contribution is -2.52. The number of amides is 2. The van der Waals surface area contributed by atoms with E-state index < -0.39 is 0 Å². The molecule has 3 rings (SSSR count). The van der Waals surface area contributed by atoms with E-state index in [1.54, 1.807) is 0 Å². The summed E-state index contributed by atoms with van der Waals surface area (Å²) in [5.41, 5.74) is 0. The first-order valence-electron chi connectivity index (χ1n) is 8.07. The second-order valence-corrected chi connectivity index (χ2v) is 6.25. The van der Waals surface area contributed by atoms with Crippen LogP contribution in [0.25, 0.3) is 0 Å². The fourth-order valence-corrected chi connectivity index (χ4v) is 3.73. The Labute approximate surface area is 132 Å². The molecule has 3 saturated heterocycles. The number of piperidine rings is 2. The van der Waals surface area contributed by atoms with Crippen molar-refractivity contribution in [1.29, 1.82) is 0 Å². The van der Waals surface area contributed by atoms with E-state index in [0.29, 0.717) is 18.4 Å². The van der Waals surface area contributed by atoms with Crippen molar-refractivity contribution in [2.75, 3.05) is 26.2 Å². The maximum atomic E-state index is 12.3. The van der Waals surface area contributed by atoms with Crippen LogP contribution in [0.2, 0.25) is 0 Å². The highest BCUT2D eigenvalue weighted by Crippen LogP contribution is 2.22. The van der Waals surface area contributed by atoms with Gasteiger partial charge < -0.3 is 15.1 Å². The van der Waals surface area contributed by atoms with Crippen LogP contribution in [0.5, 0.6) is 0 Å². The van der Waals surface area contributed by atoms with E-state index in [2.05, 4.69) is 10.2 Å². The summed E-state index contributed by atoms with van der Waals surface area (Å²) >= 11 is 0. The third kappa shape index (κ3) is 3.69. The molecule has 3 heterocycles. The number of carbonyl (C=O) groups excluding carboxylic acids is 2. The molecule has 1 N–H and O–H groups in total. The molecule has 3 aliphatic heterocycles. The highest BCUT2D eigenvalue weighted by atomic mass is 35.5.